The Labute approximate surface area is 154 Å². The van der Waals surface area contributed by atoms with Crippen molar-refractivity contribution in [1.29, 1.82) is 0 Å². The monoisotopic (exact) mass is 354 g/mol. The highest BCUT2D eigenvalue weighted by atomic mass is 19.1. The van der Waals surface area contributed by atoms with E-state index in [0.717, 1.165) is 25.2 Å². The Kier molecular flexibility index (Phi) is 5.23. The molecule has 0 aliphatic carbocycles. The van der Waals surface area contributed by atoms with Gasteiger partial charge in [-0.2, -0.15) is 0 Å². The van der Waals surface area contributed by atoms with Crippen molar-refractivity contribution in [2.75, 3.05) is 13.1 Å². The second kappa shape index (κ2) is 7.77. The van der Waals surface area contributed by atoms with Crippen LogP contribution >= 0.6 is 0 Å². The zero-order valence-corrected chi connectivity index (χ0v) is 15.1. The van der Waals surface area contributed by atoms with Crippen LogP contribution in [0.5, 0.6) is 5.75 Å². The number of fused-ring (bicyclic) bond motifs is 2. The number of piperidine rings is 1. The van der Waals surface area contributed by atoms with E-state index in [1.807, 2.05) is 24.3 Å². The van der Waals surface area contributed by atoms with Crippen LogP contribution in [0.1, 0.15) is 42.7 Å². The summed E-state index contributed by atoms with van der Waals surface area (Å²) in [6, 6.07) is 15.8. The number of nitrogens with zero attached hydrogens (tertiary/aromatic N) is 1. The lowest BCUT2D eigenvalue weighted by atomic mass is 9.85. The molecule has 0 amide bonds. The molecule has 2 aromatic carbocycles. The first-order valence-corrected chi connectivity index (χ1v) is 9.69. The van der Waals surface area contributed by atoms with Crippen LogP contribution < -0.4 is 5.32 Å². The number of nitrogens with one attached hydrogen (secondary N) is 1. The molecule has 2 aliphatic heterocycles. The van der Waals surface area contributed by atoms with Crippen molar-refractivity contribution in [2.24, 2.45) is 0 Å². The van der Waals surface area contributed by atoms with E-state index in [1.165, 1.54) is 43.4 Å². The summed E-state index contributed by atoms with van der Waals surface area (Å²) in [7, 11) is 0. The molecule has 0 aromatic heterocycles. The molecule has 2 aliphatic rings. The molecular weight excluding hydrogens is 327 g/mol. The third kappa shape index (κ3) is 3.92. The van der Waals surface area contributed by atoms with Crippen LogP contribution in [0.25, 0.3) is 0 Å². The molecule has 0 saturated carbocycles. The Morgan fingerprint density at radius 3 is 2.46 bits per heavy atom. The minimum absolute atomic E-state index is 0.181. The van der Waals surface area contributed by atoms with Crippen LogP contribution in [-0.2, 0) is 6.54 Å². The van der Waals surface area contributed by atoms with Crippen molar-refractivity contribution in [2.45, 2.75) is 50.2 Å². The summed E-state index contributed by atoms with van der Waals surface area (Å²) in [5, 5.41) is 13.2. The smallest absolute Gasteiger partial charge is 0.123 e. The SMILES string of the molecule is Oc1cccc([C@H]2C[C@H]3CC[C@@H](C2)N3CCNCc2ccc(F)cc2)c1. The van der Waals surface area contributed by atoms with Gasteiger partial charge in [-0.1, -0.05) is 24.3 Å². The van der Waals surface area contributed by atoms with Crippen molar-refractivity contribution in [3.63, 3.8) is 0 Å². The Bertz CT molecular complexity index is 719. The number of halogens is 1. The fourth-order valence-electron chi connectivity index (χ4n) is 4.73. The molecule has 26 heavy (non-hydrogen) atoms. The summed E-state index contributed by atoms with van der Waals surface area (Å²) in [6.45, 7) is 2.82. The van der Waals surface area contributed by atoms with Gasteiger partial charge in [-0.15, -0.1) is 0 Å². The second-order valence-corrected chi connectivity index (χ2v) is 7.69. The average molecular weight is 354 g/mol. The van der Waals surface area contributed by atoms with Gasteiger partial charge in [0, 0.05) is 31.7 Å². The molecule has 3 atom stereocenters. The van der Waals surface area contributed by atoms with Crippen molar-refractivity contribution in [1.82, 2.24) is 10.2 Å². The molecule has 2 fully saturated rings. The third-order valence-corrected chi connectivity index (χ3v) is 6.02. The Hall–Kier alpha value is -1.91. The number of phenols is 1. The summed E-state index contributed by atoms with van der Waals surface area (Å²) in [6.07, 6.45) is 4.96. The molecule has 0 spiro atoms. The number of hydrogen-bond donors (Lipinski definition) is 2. The first-order chi connectivity index (χ1) is 12.7. The fraction of sp³-hybridized carbons (Fsp3) is 0.455. The quantitative estimate of drug-likeness (QED) is 0.769. The Morgan fingerprint density at radius 2 is 1.77 bits per heavy atom. The van der Waals surface area contributed by atoms with Crippen molar-refractivity contribution in [3.05, 3.63) is 65.5 Å². The highest BCUT2D eigenvalue weighted by molar-refractivity contribution is 5.30. The summed E-state index contributed by atoms with van der Waals surface area (Å²) in [5.74, 6) is 0.769. The van der Waals surface area contributed by atoms with E-state index in [1.54, 1.807) is 6.07 Å². The van der Waals surface area contributed by atoms with Crippen LogP contribution in [0, 0.1) is 5.82 Å². The van der Waals surface area contributed by atoms with E-state index in [0.29, 0.717) is 23.8 Å². The number of rotatable bonds is 6. The van der Waals surface area contributed by atoms with Crippen molar-refractivity contribution >= 4 is 0 Å². The predicted molar refractivity (Wildman–Crippen MR) is 102 cm³/mol. The van der Waals surface area contributed by atoms with Gasteiger partial charge in [-0.05, 0) is 67.0 Å². The largest absolute Gasteiger partial charge is 0.508 e. The molecule has 4 heteroatoms. The van der Waals surface area contributed by atoms with Crippen LogP contribution in [0.2, 0.25) is 0 Å². The van der Waals surface area contributed by atoms with E-state index in [-0.39, 0.29) is 5.82 Å². The lowest BCUT2D eigenvalue weighted by Gasteiger charge is -2.39. The highest BCUT2D eigenvalue weighted by Crippen LogP contribution is 2.43. The van der Waals surface area contributed by atoms with Crippen LogP contribution in [0.15, 0.2) is 48.5 Å². The first-order valence-electron chi connectivity index (χ1n) is 9.69. The molecule has 0 unspecified atom stereocenters. The van der Waals surface area contributed by atoms with Gasteiger partial charge in [0.05, 0.1) is 0 Å². The zero-order chi connectivity index (χ0) is 17.9. The lowest BCUT2D eigenvalue weighted by Crippen LogP contribution is -2.45. The summed E-state index contributed by atoms with van der Waals surface area (Å²) >= 11 is 0. The second-order valence-electron chi connectivity index (χ2n) is 7.69. The molecule has 0 radical (unpaired) electrons. The van der Waals surface area contributed by atoms with Crippen molar-refractivity contribution in [3.8, 4) is 5.75 Å². The van der Waals surface area contributed by atoms with E-state index in [9.17, 15) is 9.50 Å². The van der Waals surface area contributed by atoms with Gasteiger partial charge >= 0.3 is 0 Å². The molecule has 2 heterocycles. The summed E-state index contributed by atoms with van der Waals surface area (Å²) in [5.41, 5.74) is 2.41. The van der Waals surface area contributed by atoms with Gasteiger partial charge in [-0.3, -0.25) is 4.90 Å². The standard InChI is InChI=1S/C22H27FN2O/c23-19-6-4-16(5-7-19)15-24-10-11-25-20-8-9-21(25)13-18(12-20)17-2-1-3-22(26)14-17/h1-7,14,18,20-21,24,26H,8-13,15H2/t18-,20+,21-. The molecule has 2 saturated heterocycles. The van der Waals surface area contributed by atoms with E-state index in [4.69, 9.17) is 0 Å². The van der Waals surface area contributed by atoms with Crippen LogP contribution in [0.4, 0.5) is 4.39 Å². The molecule has 3 nitrogen and oxygen atoms in total. The predicted octanol–water partition coefficient (Wildman–Crippen LogP) is 4.03. The molecule has 2 aromatic rings. The van der Waals surface area contributed by atoms with Gasteiger partial charge in [-0.25, -0.2) is 4.39 Å². The summed E-state index contributed by atoms with van der Waals surface area (Å²) in [4.78, 5) is 2.68. The maximum atomic E-state index is 12.9. The molecule has 4 rings (SSSR count). The zero-order valence-electron chi connectivity index (χ0n) is 15.1. The average Bonchev–Trinajstić information content (AvgIpc) is 2.87. The normalized spacial score (nSPS) is 25.5. The fourth-order valence-corrected chi connectivity index (χ4v) is 4.73. The van der Waals surface area contributed by atoms with E-state index < -0.39 is 0 Å². The maximum absolute atomic E-state index is 12.9. The first kappa shape index (κ1) is 17.5. The lowest BCUT2D eigenvalue weighted by molar-refractivity contribution is 0.127. The number of hydrogen-bond acceptors (Lipinski definition) is 3. The Balaban J connectivity index is 1.27. The van der Waals surface area contributed by atoms with Crippen LogP contribution in [-0.4, -0.2) is 35.2 Å². The third-order valence-electron chi connectivity index (χ3n) is 6.02. The topological polar surface area (TPSA) is 35.5 Å². The van der Waals surface area contributed by atoms with Gasteiger partial charge < -0.3 is 10.4 Å². The molecular formula is C22H27FN2O. The van der Waals surface area contributed by atoms with Crippen molar-refractivity contribution < 1.29 is 9.50 Å². The van der Waals surface area contributed by atoms with Gasteiger partial charge in [0.1, 0.15) is 11.6 Å². The Morgan fingerprint density at radius 1 is 1.04 bits per heavy atom. The number of benzene rings is 2. The molecule has 2 N–H and O–H groups in total. The molecule has 2 bridgehead atoms. The van der Waals surface area contributed by atoms with Crippen LogP contribution in [0.3, 0.4) is 0 Å². The number of phenolic OH excluding ortho intramolecular Hbond substituents is 1. The van der Waals surface area contributed by atoms with E-state index in [2.05, 4.69) is 16.3 Å². The highest BCUT2D eigenvalue weighted by Gasteiger charge is 2.40. The van der Waals surface area contributed by atoms with E-state index >= 15 is 0 Å². The minimum atomic E-state index is -0.181. The van der Waals surface area contributed by atoms with Gasteiger partial charge in [0.15, 0.2) is 0 Å². The minimum Gasteiger partial charge on any atom is -0.508 e. The maximum Gasteiger partial charge on any atom is 0.123 e. The summed E-state index contributed by atoms with van der Waals surface area (Å²) < 4.78 is 12.9. The van der Waals surface area contributed by atoms with Gasteiger partial charge in [0.25, 0.3) is 0 Å². The van der Waals surface area contributed by atoms with Gasteiger partial charge in [0.2, 0.25) is 0 Å². The number of aromatic hydroxyl groups is 1. The molecule has 138 valence electrons.